The highest BCUT2D eigenvalue weighted by molar-refractivity contribution is 5.93. The number of rotatable bonds is 3. The van der Waals surface area contributed by atoms with E-state index in [-0.39, 0.29) is 23.5 Å². The van der Waals surface area contributed by atoms with Gasteiger partial charge < -0.3 is 15.0 Å². The maximum Gasteiger partial charge on any atom is 0.253 e. The normalized spacial score (nSPS) is 23.0. The molecule has 98 valence electrons. The standard InChI is InChI=1S/C13H18N2O3/c1-15(8-10-3-2-4-11(10)16)13(18)9-5-6-14-12(17)7-9/h5-7,10-11,16H,2-4,8H2,1H3,(H,14,17). The van der Waals surface area contributed by atoms with Crippen molar-refractivity contribution in [2.24, 2.45) is 5.92 Å². The smallest absolute Gasteiger partial charge is 0.253 e. The highest BCUT2D eigenvalue weighted by Crippen LogP contribution is 2.26. The molecule has 18 heavy (non-hydrogen) atoms. The summed E-state index contributed by atoms with van der Waals surface area (Å²) in [7, 11) is 1.70. The summed E-state index contributed by atoms with van der Waals surface area (Å²) in [4.78, 5) is 27.3. The van der Waals surface area contributed by atoms with Crippen LogP contribution in [0.25, 0.3) is 0 Å². The SMILES string of the molecule is CN(CC1CCCC1O)C(=O)c1cc[nH]c(=O)c1. The molecule has 2 atom stereocenters. The first kappa shape index (κ1) is 12.8. The average molecular weight is 250 g/mol. The van der Waals surface area contributed by atoms with E-state index in [1.54, 1.807) is 18.0 Å². The summed E-state index contributed by atoms with van der Waals surface area (Å²) in [5, 5.41) is 9.74. The van der Waals surface area contributed by atoms with Crippen LogP contribution in [0.3, 0.4) is 0 Å². The van der Waals surface area contributed by atoms with Crippen LogP contribution in [0.4, 0.5) is 0 Å². The van der Waals surface area contributed by atoms with Gasteiger partial charge in [-0.15, -0.1) is 0 Å². The molecule has 1 amide bonds. The molecule has 5 nitrogen and oxygen atoms in total. The number of pyridine rings is 1. The van der Waals surface area contributed by atoms with Gasteiger partial charge in [-0.2, -0.15) is 0 Å². The van der Waals surface area contributed by atoms with Crippen molar-refractivity contribution in [3.63, 3.8) is 0 Å². The van der Waals surface area contributed by atoms with Gasteiger partial charge in [0.15, 0.2) is 0 Å². The first-order chi connectivity index (χ1) is 8.58. The molecule has 2 unspecified atom stereocenters. The number of hydrogen-bond acceptors (Lipinski definition) is 3. The van der Waals surface area contributed by atoms with Gasteiger partial charge in [-0.05, 0) is 18.9 Å². The molecule has 1 heterocycles. The van der Waals surface area contributed by atoms with Gasteiger partial charge in [-0.3, -0.25) is 9.59 Å². The summed E-state index contributed by atoms with van der Waals surface area (Å²) in [6.45, 7) is 0.535. The molecule has 0 aliphatic heterocycles. The second-order valence-corrected chi connectivity index (χ2v) is 4.89. The van der Waals surface area contributed by atoms with Crippen molar-refractivity contribution in [2.45, 2.75) is 25.4 Å². The van der Waals surface area contributed by atoms with Crippen molar-refractivity contribution in [3.8, 4) is 0 Å². The Labute approximate surface area is 105 Å². The van der Waals surface area contributed by atoms with Crippen LogP contribution < -0.4 is 5.56 Å². The number of nitrogens with zero attached hydrogens (tertiary/aromatic N) is 1. The summed E-state index contributed by atoms with van der Waals surface area (Å²) < 4.78 is 0. The second-order valence-electron chi connectivity index (χ2n) is 4.89. The fourth-order valence-corrected chi connectivity index (χ4v) is 2.46. The Kier molecular flexibility index (Phi) is 3.81. The van der Waals surface area contributed by atoms with Crippen molar-refractivity contribution in [1.29, 1.82) is 0 Å². The minimum atomic E-state index is -0.306. The van der Waals surface area contributed by atoms with Gasteiger partial charge in [-0.25, -0.2) is 0 Å². The number of aromatic amines is 1. The summed E-state index contributed by atoms with van der Waals surface area (Å²) >= 11 is 0. The Morgan fingerprint density at radius 2 is 2.33 bits per heavy atom. The zero-order valence-corrected chi connectivity index (χ0v) is 10.4. The predicted molar refractivity (Wildman–Crippen MR) is 67.4 cm³/mol. The monoisotopic (exact) mass is 250 g/mol. The van der Waals surface area contributed by atoms with E-state index in [0.717, 1.165) is 19.3 Å². The lowest BCUT2D eigenvalue weighted by atomic mass is 10.1. The Morgan fingerprint density at radius 1 is 1.56 bits per heavy atom. The van der Waals surface area contributed by atoms with Crippen molar-refractivity contribution < 1.29 is 9.90 Å². The summed E-state index contributed by atoms with van der Waals surface area (Å²) in [5.41, 5.74) is 0.101. The number of aliphatic hydroxyl groups excluding tert-OH is 1. The number of aromatic nitrogens is 1. The topological polar surface area (TPSA) is 73.4 Å². The fraction of sp³-hybridized carbons (Fsp3) is 0.538. The molecule has 1 saturated carbocycles. The molecule has 1 aromatic rings. The Hall–Kier alpha value is -1.62. The summed E-state index contributed by atoms with van der Waals surface area (Å²) in [5.74, 6) is -0.0267. The lowest BCUT2D eigenvalue weighted by molar-refractivity contribution is 0.0693. The maximum atomic E-state index is 12.1. The number of amides is 1. The van der Waals surface area contributed by atoms with E-state index in [1.807, 2.05) is 0 Å². The minimum absolute atomic E-state index is 0.154. The molecule has 2 N–H and O–H groups in total. The van der Waals surface area contributed by atoms with E-state index in [9.17, 15) is 14.7 Å². The largest absolute Gasteiger partial charge is 0.393 e. The van der Waals surface area contributed by atoms with Crippen molar-refractivity contribution in [1.82, 2.24) is 9.88 Å². The number of carbonyl (C=O) groups is 1. The molecular formula is C13H18N2O3. The molecule has 2 rings (SSSR count). The van der Waals surface area contributed by atoms with Crippen molar-refractivity contribution in [2.75, 3.05) is 13.6 Å². The van der Waals surface area contributed by atoms with E-state index in [4.69, 9.17) is 0 Å². The Balaban J connectivity index is 2.02. The fourth-order valence-electron chi connectivity index (χ4n) is 2.46. The van der Waals surface area contributed by atoms with Crippen molar-refractivity contribution in [3.05, 3.63) is 34.2 Å². The highest BCUT2D eigenvalue weighted by atomic mass is 16.3. The van der Waals surface area contributed by atoms with E-state index in [1.165, 1.54) is 12.3 Å². The molecule has 0 saturated heterocycles. The molecule has 0 bridgehead atoms. The first-order valence-electron chi connectivity index (χ1n) is 6.20. The zero-order valence-electron chi connectivity index (χ0n) is 10.4. The Morgan fingerprint density at radius 3 is 2.94 bits per heavy atom. The van der Waals surface area contributed by atoms with E-state index in [0.29, 0.717) is 12.1 Å². The highest BCUT2D eigenvalue weighted by Gasteiger charge is 2.27. The maximum absolute atomic E-state index is 12.1. The van der Waals surface area contributed by atoms with Gasteiger partial charge in [0.1, 0.15) is 0 Å². The van der Waals surface area contributed by atoms with Gasteiger partial charge in [0.25, 0.3) is 5.91 Å². The molecule has 0 spiro atoms. The number of nitrogens with one attached hydrogen (secondary N) is 1. The van der Waals surface area contributed by atoms with Crippen LogP contribution >= 0.6 is 0 Å². The van der Waals surface area contributed by atoms with Crippen LogP contribution in [0.1, 0.15) is 29.6 Å². The second kappa shape index (κ2) is 5.35. The number of carbonyl (C=O) groups excluding carboxylic acids is 1. The van der Waals surface area contributed by atoms with Gasteiger partial charge in [0, 0.05) is 37.3 Å². The molecule has 0 aromatic carbocycles. The first-order valence-corrected chi connectivity index (χ1v) is 6.20. The lowest BCUT2D eigenvalue weighted by Gasteiger charge is -2.23. The third-order valence-electron chi connectivity index (χ3n) is 3.50. The summed E-state index contributed by atoms with van der Waals surface area (Å²) in [6, 6.07) is 2.88. The molecule has 1 fully saturated rings. The van der Waals surface area contributed by atoms with E-state index >= 15 is 0 Å². The van der Waals surface area contributed by atoms with Crippen molar-refractivity contribution >= 4 is 5.91 Å². The number of H-pyrrole nitrogens is 1. The number of aliphatic hydroxyl groups is 1. The lowest BCUT2D eigenvalue weighted by Crippen LogP contribution is -2.34. The van der Waals surface area contributed by atoms with Gasteiger partial charge in [0.2, 0.25) is 5.56 Å². The third-order valence-corrected chi connectivity index (χ3v) is 3.50. The van der Waals surface area contributed by atoms with Crippen LogP contribution in [-0.4, -0.2) is 40.6 Å². The van der Waals surface area contributed by atoms with Crippen LogP contribution in [-0.2, 0) is 0 Å². The third kappa shape index (κ3) is 2.79. The predicted octanol–water partition coefficient (Wildman–Crippen LogP) is 0.608. The van der Waals surface area contributed by atoms with E-state index in [2.05, 4.69) is 4.98 Å². The van der Waals surface area contributed by atoms with Crippen LogP contribution in [0.15, 0.2) is 23.1 Å². The molecule has 0 radical (unpaired) electrons. The van der Waals surface area contributed by atoms with Crippen LogP contribution in [0.5, 0.6) is 0 Å². The molecular weight excluding hydrogens is 232 g/mol. The number of hydrogen-bond donors (Lipinski definition) is 2. The Bertz CT molecular complexity index is 483. The molecule has 1 aliphatic rings. The minimum Gasteiger partial charge on any atom is -0.393 e. The zero-order chi connectivity index (χ0) is 13.1. The summed E-state index contributed by atoms with van der Waals surface area (Å²) in [6.07, 6.45) is 3.94. The quantitative estimate of drug-likeness (QED) is 0.825. The van der Waals surface area contributed by atoms with Crippen LogP contribution in [0, 0.1) is 5.92 Å². The van der Waals surface area contributed by atoms with Gasteiger partial charge in [0.05, 0.1) is 6.10 Å². The molecule has 1 aliphatic carbocycles. The average Bonchev–Trinajstić information content (AvgIpc) is 2.74. The van der Waals surface area contributed by atoms with Gasteiger partial charge in [-0.1, -0.05) is 6.42 Å². The van der Waals surface area contributed by atoms with Crippen LogP contribution in [0.2, 0.25) is 0 Å². The van der Waals surface area contributed by atoms with Gasteiger partial charge >= 0.3 is 0 Å². The molecule has 1 aromatic heterocycles. The molecule has 5 heteroatoms. The van der Waals surface area contributed by atoms with E-state index < -0.39 is 0 Å².